The number of halogens is 1. The predicted octanol–water partition coefficient (Wildman–Crippen LogP) is 5.48. The van der Waals surface area contributed by atoms with Gasteiger partial charge in [-0.3, -0.25) is 9.20 Å². The summed E-state index contributed by atoms with van der Waals surface area (Å²) >= 11 is 7.61. The molecule has 3 aromatic heterocycles. The van der Waals surface area contributed by atoms with Gasteiger partial charge in [-0.2, -0.15) is 0 Å². The van der Waals surface area contributed by atoms with Gasteiger partial charge in [0, 0.05) is 35.1 Å². The van der Waals surface area contributed by atoms with E-state index >= 15 is 0 Å². The molecule has 31 heavy (non-hydrogen) atoms. The second-order valence-electron chi connectivity index (χ2n) is 7.33. The highest BCUT2D eigenvalue weighted by molar-refractivity contribution is 7.98. The van der Waals surface area contributed by atoms with E-state index in [1.807, 2.05) is 42.5 Å². The van der Waals surface area contributed by atoms with Crippen molar-refractivity contribution in [3.63, 3.8) is 0 Å². The molecule has 4 rings (SSSR count). The zero-order chi connectivity index (χ0) is 21.6. The van der Waals surface area contributed by atoms with Crippen LogP contribution < -0.4 is 5.56 Å². The number of aromatic nitrogens is 5. The van der Waals surface area contributed by atoms with Crippen LogP contribution in [0.25, 0.3) is 17.0 Å². The van der Waals surface area contributed by atoms with Crippen molar-refractivity contribution in [2.75, 3.05) is 0 Å². The predicted molar refractivity (Wildman–Crippen MR) is 126 cm³/mol. The van der Waals surface area contributed by atoms with E-state index in [0.717, 1.165) is 35.2 Å². The van der Waals surface area contributed by atoms with Gasteiger partial charge in [-0.05, 0) is 42.8 Å². The molecule has 8 heteroatoms. The molecule has 6 nitrogen and oxygen atoms in total. The summed E-state index contributed by atoms with van der Waals surface area (Å²) in [5.41, 5.74) is 2.29. The molecule has 0 fully saturated rings. The van der Waals surface area contributed by atoms with E-state index in [4.69, 9.17) is 11.6 Å². The van der Waals surface area contributed by atoms with Crippen molar-refractivity contribution in [1.29, 1.82) is 0 Å². The molecule has 0 aliphatic rings. The number of hydrogen-bond donors (Lipinski definition) is 0. The molecule has 0 saturated heterocycles. The summed E-state index contributed by atoms with van der Waals surface area (Å²) < 4.78 is 3.71. The van der Waals surface area contributed by atoms with Gasteiger partial charge in [0.05, 0.1) is 5.69 Å². The van der Waals surface area contributed by atoms with E-state index < -0.39 is 0 Å². The van der Waals surface area contributed by atoms with Crippen LogP contribution in [0.3, 0.4) is 0 Å². The smallest absolute Gasteiger partial charge is 0.258 e. The molecule has 160 valence electrons. The van der Waals surface area contributed by atoms with Crippen molar-refractivity contribution in [2.45, 2.75) is 50.1 Å². The van der Waals surface area contributed by atoms with Crippen molar-refractivity contribution in [1.82, 2.24) is 24.1 Å². The molecule has 1 aromatic carbocycles. The molecule has 0 N–H and O–H groups in total. The molecule has 0 spiro atoms. The highest BCUT2D eigenvalue weighted by Crippen LogP contribution is 2.27. The lowest BCUT2D eigenvalue weighted by Crippen LogP contribution is -2.14. The normalized spacial score (nSPS) is 11.3. The van der Waals surface area contributed by atoms with E-state index in [2.05, 4.69) is 26.7 Å². The molecule has 0 saturated carbocycles. The van der Waals surface area contributed by atoms with E-state index in [1.165, 1.54) is 19.3 Å². The number of fused-ring (bicyclic) bond motifs is 1. The number of thioether (sulfide) groups is 1. The van der Waals surface area contributed by atoms with Gasteiger partial charge in [0.15, 0.2) is 11.0 Å². The maximum Gasteiger partial charge on any atom is 0.258 e. The van der Waals surface area contributed by atoms with Crippen molar-refractivity contribution in [2.24, 2.45) is 0 Å². The molecule has 3 heterocycles. The first-order valence-electron chi connectivity index (χ1n) is 10.4. The molecule has 4 aromatic rings. The van der Waals surface area contributed by atoms with E-state index in [9.17, 15) is 4.79 Å². The lowest BCUT2D eigenvalue weighted by Gasteiger charge is -2.10. The van der Waals surface area contributed by atoms with Crippen LogP contribution >= 0.6 is 23.4 Å². The topological polar surface area (TPSA) is 65.1 Å². The van der Waals surface area contributed by atoms with Gasteiger partial charge in [0.1, 0.15) is 5.65 Å². The SMILES string of the molecule is CCCCCCn1c(SCc2cc(=O)n3ccccc3n2)nnc1-c1ccc(Cl)cc1. The molecule has 0 unspecified atom stereocenters. The summed E-state index contributed by atoms with van der Waals surface area (Å²) in [6.07, 6.45) is 6.37. The lowest BCUT2D eigenvalue weighted by atomic mass is 10.2. The highest BCUT2D eigenvalue weighted by Gasteiger charge is 2.15. The van der Waals surface area contributed by atoms with Crippen LogP contribution in [-0.2, 0) is 12.3 Å². The van der Waals surface area contributed by atoms with Crippen LogP contribution in [0.1, 0.15) is 38.3 Å². The Kier molecular flexibility index (Phi) is 7.04. The Hall–Kier alpha value is -2.64. The van der Waals surface area contributed by atoms with E-state index in [0.29, 0.717) is 16.4 Å². The summed E-state index contributed by atoms with van der Waals surface area (Å²) in [6.45, 7) is 3.05. The minimum absolute atomic E-state index is 0.0796. The average molecular weight is 454 g/mol. The van der Waals surface area contributed by atoms with Gasteiger partial charge >= 0.3 is 0 Å². The quantitative estimate of drug-likeness (QED) is 0.248. The summed E-state index contributed by atoms with van der Waals surface area (Å²) in [5.74, 6) is 1.39. The van der Waals surface area contributed by atoms with Gasteiger partial charge in [0.2, 0.25) is 0 Å². The summed E-state index contributed by atoms with van der Waals surface area (Å²) in [4.78, 5) is 17.0. The second kappa shape index (κ2) is 10.1. The third-order valence-corrected chi connectivity index (χ3v) is 6.28. The largest absolute Gasteiger partial charge is 0.302 e. The van der Waals surface area contributed by atoms with Crippen molar-refractivity contribution in [3.8, 4) is 11.4 Å². The maximum absolute atomic E-state index is 12.4. The molecule has 0 atom stereocenters. The van der Waals surface area contributed by atoms with E-state index in [-0.39, 0.29) is 5.56 Å². The molecule has 0 amide bonds. The number of hydrogen-bond acceptors (Lipinski definition) is 5. The average Bonchev–Trinajstić information content (AvgIpc) is 3.18. The Morgan fingerprint density at radius 2 is 1.87 bits per heavy atom. The van der Waals surface area contributed by atoms with Crippen LogP contribution in [0.2, 0.25) is 5.02 Å². The maximum atomic E-state index is 12.4. The van der Waals surface area contributed by atoms with Gasteiger partial charge in [-0.25, -0.2) is 4.98 Å². The standard InChI is InChI=1S/C23H24ClN5OS/c1-2-3-4-6-14-29-22(17-9-11-18(24)12-10-17)26-27-23(29)31-16-19-15-21(30)28-13-7-5-8-20(28)25-19/h5,7-13,15H,2-4,6,14,16H2,1H3. The molecule has 0 aliphatic carbocycles. The fraction of sp³-hybridized carbons (Fsp3) is 0.304. The van der Waals surface area contributed by atoms with Crippen LogP contribution in [0.15, 0.2) is 64.7 Å². The molecular formula is C23H24ClN5OS. The minimum Gasteiger partial charge on any atom is -0.302 e. The van der Waals surface area contributed by atoms with Gasteiger partial charge in [-0.1, -0.05) is 55.6 Å². The Morgan fingerprint density at radius 3 is 2.68 bits per heavy atom. The summed E-state index contributed by atoms with van der Waals surface area (Å²) in [6, 6.07) is 14.8. The number of unbranched alkanes of at least 4 members (excludes halogenated alkanes) is 3. The van der Waals surface area contributed by atoms with Crippen LogP contribution in [0, 0.1) is 0 Å². The van der Waals surface area contributed by atoms with Crippen molar-refractivity contribution >= 4 is 29.0 Å². The first-order valence-corrected chi connectivity index (χ1v) is 11.8. The third-order valence-electron chi connectivity index (χ3n) is 5.03. The van der Waals surface area contributed by atoms with Gasteiger partial charge < -0.3 is 4.57 Å². The molecule has 0 aliphatic heterocycles. The number of benzene rings is 1. The first-order chi connectivity index (χ1) is 15.2. The second-order valence-corrected chi connectivity index (χ2v) is 8.71. The Balaban J connectivity index is 1.58. The lowest BCUT2D eigenvalue weighted by molar-refractivity contribution is 0.556. The number of rotatable bonds is 9. The molecule has 0 bridgehead atoms. The fourth-order valence-corrected chi connectivity index (χ4v) is 4.40. The Morgan fingerprint density at radius 1 is 1.03 bits per heavy atom. The monoisotopic (exact) mass is 453 g/mol. The fourth-order valence-electron chi connectivity index (χ4n) is 3.42. The summed E-state index contributed by atoms with van der Waals surface area (Å²) in [5, 5.41) is 10.4. The zero-order valence-corrected chi connectivity index (χ0v) is 18.9. The zero-order valence-electron chi connectivity index (χ0n) is 17.4. The van der Waals surface area contributed by atoms with Crippen LogP contribution in [0.4, 0.5) is 0 Å². The van der Waals surface area contributed by atoms with Gasteiger partial charge in [-0.15, -0.1) is 10.2 Å². The molecular weight excluding hydrogens is 430 g/mol. The van der Waals surface area contributed by atoms with Crippen molar-refractivity contribution < 1.29 is 0 Å². The number of pyridine rings is 1. The minimum atomic E-state index is -0.0796. The highest BCUT2D eigenvalue weighted by atomic mass is 35.5. The Bertz CT molecular complexity index is 1220. The molecule has 0 radical (unpaired) electrons. The van der Waals surface area contributed by atoms with E-state index in [1.54, 1.807) is 28.4 Å². The number of nitrogens with zero attached hydrogens (tertiary/aromatic N) is 5. The van der Waals surface area contributed by atoms with Crippen LogP contribution in [0.5, 0.6) is 0 Å². The third kappa shape index (κ3) is 5.17. The van der Waals surface area contributed by atoms with Gasteiger partial charge in [0.25, 0.3) is 5.56 Å². The Labute approximate surface area is 190 Å². The van der Waals surface area contributed by atoms with Crippen molar-refractivity contribution in [3.05, 3.63) is 75.8 Å². The first kappa shape index (κ1) is 21.6. The van der Waals surface area contributed by atoms with Crippen LogP contribution in [-0.4, -0.2) is 24.1 Å². The summed E-state index contributed by atoms with van der Waals surface area (Å²) in [7, 11) is 0.